The molecule has 0 radical (unpaired) electrons. The number of nitrogens with zero attached hydrogens (tertiary/aromatic N) is 2. The van der Waals surface area contributed by atoms with Gasteiger partial charge in [-0.25, -0.2) is 13.9 Å². The molecule has 0 aliphatic rings. The predicted molar refractivity (Wildman–Crippen MR) is 82.4 cm³/mol. The summed E-state index contributed by atoms with van der Waals surface area (Å²) in [5.41, 5.74) is 7.52. The van der Waals surface area contributed by atoms with Crippen LogP contribution in [0.1, 0.15) is 36.8 Å². The van der Waals surface area contributed by atoms with Crippen LogP contribution in [0.3, 0.4) is 0 Å². The number of anilines is 1. The van der Waals surface area contributed by atoms with Crippen molar-refractivity contribution in [3.63, 3.8) is 0 Å². The smallest absolute Gasteiger partial charge is 0.358 e. The number of methoxy groups -OCH3 is 1. The predicted octanol–water partition coefficient (Wildman–Crippen LogP) is 2.97. The van der Waals surface area contributed by atoms with Crippen molar-refractivity contribution in [1.82, 2.24) is 9.78 Å². The summed E-state index contributed by atoms with van der Waals surface area (Å²) in [4.78, 5) is 12.0. The molecular weight excluding hydrogens is 285 g/mol. The number of hydrogen-bond acceptors (Lipinski definition) is 4. The topological polar surface area (TPSA) is 70.1 Å². The Morgan fingerprint density at radius 1 is 1.32 bits per heavy atom. The molecule has 0 atom stereocenters. The molecule has 0 saturated heterocycles. The molecule has 0 aliphatic heterocycles. The summed E-state index contributed by atoms with van der Waals surface area (Å²) in [6.45, 7) is 6.13. The third-order valence-electron chi connectivity index (χ3n) is 3.18. The molecule has 22 heavy (non-hydrogen) atoms. The molecule has 2 N–H and O–H groups in total. The first-order chi connectivity index (χ1) is 10.2. The first-order valence-electron chi connectivity index (χ1n) is 6.94. The Labute approximate surface area is 128 Å². The average Bonchev–Trinajstić information content (AvgIpc) is 2.75. The molecule has 1 aromatic carbocycles. The lowest BCUT2D eigenvalue weighted by Crippen LogP contribution is -2.14. The number of halogens is 1. The molecule has 1 aromatic heterocycles. The van der Waals surface area contributed by atoms with Gasteiger partial charge < -0.3 is 10.5 Å². The Morgan fingerprint density at radius 2 is 1.91 bits per heavy atom. The third kappa shape index (κ3) is 3.27. The fourth-order valence-electron chi connectivity index (χ4n) is 2.21. The van der Waals surface area contributed by atoms with Crippen molar-refractivity contribution in [2.75, 3.05) is 12.8 Å². The van der Waals surface area contributed by atoms with Crippen LogP contribution in [0.2, 0.25) is 0 Å². The normalized spacial score (nSPS) is 11.5. The summed E-state index contributed by atoms with van der Waals surface area (Å²) < 4.78 is 19.3. The lowest BCUT2D eigenvalue weighted by molar-refractivity contribution is 0.0592. The number of nitrogen functional groups attached to an aromatic ring is 1. The van der Waals surface area contributed by atoms with E-state index in [-0.39, 0.29) is 16.9 Å². The fourth-order valence-corrected chi connectivity index (χ4v) is 2.21. The molecule has 0 unspecified atom stereocenters. The zero-order valence-electron chi connectivity index (χ0n) is 13.2. The lowest BCUT2D eigenvalue weighted by atomic mass is 9.88. The average molecular weight is 305 g/mol. The molecule has 0 fully saturated rings. The SMILES string of the molecule is COC(=O)c1nn(-c2ccc(F)cc2)c(N)c1CC(C)(C)C. The number of carbonyl (C=O) groups is 1. The number of hydrogen-bond donors (Lipinski definition) is 1. The van der Waals surface area contributed by atoms with Crippen molar-refractivity contribution in [2.45, 2.75) is 27.2 Å². The summed E-state index contributed by atoms with van der Waals surface area (Å²) >= 11 is 0. The molecule has 0 amide bonds. The second-order valence-electron chi connectivity index (χ2n) is 6.33. The third-order valence-corrected chi connectivity index (χ3v) is 3.18. The Hall–Kier alpha value is -2.37. The number of aromatic nitrogens is 2. The van der Waals surface area contributed by atoms with Gasteiger partial charge in [0.1, 0.15) is 11.6 Å². The van der Waals surface area contributed by atoms with Crippen LogP contribution in [0.5, 0.6) is 0 Å². The first-order valence-corrected chi connectivity index (χ1v) is 6.94. The number of carbonyl (C=O) groups excluding carboxylic acids is 1. The van der Waals surface area contributed by atoms with Gasteiger partial charge >= 0.3 is 5.97 Å². The van der Waals surface area contributed by atoms with Crippen LogP contribution in [0.15, 0.2) is 24.3 Å². The Balaban J connectivity index is 2.57. The van der Waals surface area contributed by atoms with E-state index in [2.05, 4.69) is 5.10 Å². The summed E-state index contributed by atoms with van der Waals surface area (Å²) in [6, 6.07) is 5.75. The maximum Gasteiger partial charge on any atom is 0.358 e. The molecule has 0 spiro atoms. The molecule has 0 bridgehead atoms. The van der Waals surface area contributed by atoms with Gasteiger partial charge in [-0.05, 0) is 36.1 Å². The van der Waals surface area contributed by atoms with Crippen LogP contribution in [-0.2, 0) is 11.2 Å². The number of nitrogens with two attached hydrogens (primary N) is 1. The summed E-state index contributed by atoms with van der Waals surface area (Å²) in [5.74, 6) is -0.522. The summed E-state index contributed by atoms with van der Waals surface area (Å²) in [7, 11) is 1.30. The van der Waals surface area contributed by atoms with Crippen molar-refractivity contribution >= 4 is 11.8 Å². The van der Waals surface area contributed by atoms with Crippen LogP contribution in [0, 0.1) is 11.2 Å². The van der Waals surface area contributed by atoms with Crippen LogP contribution in [0.4, 0.5) is 10.2 Å². The van der Waals surface area contributed by atoms with E-state index >= 15 is 0 Å². The van der Waals surface area contributed by atoms with Gasteiger partial charge in [-0.2, -0.15) is 5.10 Å². The molecule has 0 aliphatic carbocycles. The molecule has 2 aromatic rings. The van der Waals surface area contributed by atoms with Gasteiger partial charge in [0.25, 0.3) is 0 Å². The minimum Gasteiger partial charge on any atom is -0.464 e. The highest BCUT2D eigenvalue weighted by Gasteiger charge is 2.26. The van der Waals surface area contributed by atoms with E-state index in [1.807, 2.05) is 20.8 Å². The molecule has 5 nitrogen and oxygen atoms in total. The highest BCUT2D eigenvalue weighted by atomic mass is 19.1. The van der Waals surface area contributed by atoms with Crippen molar-refractivity contribution < 1.29 is 13.9 Å². The minimum atomic E-state index is -0.535. The highest BCUT2D eigenvalue weighted by Crippen LogP contribution is 2.29. The van der Waals surface area contributed by atoms with Gasteiger partial charge in [0, 0.05) is 5.56 Å². The maximum atomic E-state index is 13.1. The van der Waals surface area contributed by atoms with E-state index in [1.165, 1.54) is 23.9 Å². The summed E-state index contributed by atoms with van der Waals surface area (Å²) in [5, 5.41) is 4.26. The Morgan fingerprint density at radius 3 is 2.41 bits per heavy atom. The van der Waals surface area contributed by atoms with Gasteiger partial charge in [0.15, 0.2) is 5.69 Å². The molecule has 1 heterocycles. The van der Waals surface area contributed by atoms with Crippen LogP contribution >= 0.6 is 0 Å². The van der Waals surface area contributed by atoms with Crippen molar-refractivity contribution in [2.24, 2.45) is 5.41 Å². The van der Waals surface area contributed by atoms with E-state index in [0.29, 0.717) is 23.5 Å². The number of benzene rings is 1. The minimum absolute atomic E-state index is 0.0758. The van der Waals surface area contributed by atoms with Crippen LogP contribution < -0.4 is 5.73 Å². The van der Waals surface area contributed by atoms with Gasteiger partial charge in [-0.15, -0.1) is 0 Å². The number of esters is 1. The second-order valence-corrected chi connectivity index (χ2v) is 6.33. The van der Waals surface area contributed by atoms with E-state index in [4.69, 9.17) is 10.5 Å². The maximum absolute atomic E-state index is 13.1. The van der Waals surface area contributed by atoms with Gasteiger partial charge in [-0.3, -0.25) is 0 Å². The lowest BCUT2D eigenvalue weighted by Gasteiger charge is -2.18. The van der Waals surface area contributed by atoms with E-state index in [0.717, 1.165) is 0 Å². The van der Waals surface area contributed by atoms with Gasteiger partial charge in [0.2, 0.25) is 0 Å². The Bertz CT molecular complexity index is 685. The standard InChI is InChI=1S/C16H20FN3O2/c1-16(2,3)9-12-13(15(21)22-4)19-20(14(12)18)11-7-5-10(17)6-8-11/h5-8H,9,18H2,1-4H3. The summed E-state index contributed by atoms with van der Waals surface area (Å²) in [6.07, 6.45) is 0.574. The second kappa shape index (κ2) is 5.79. The van der Waals surface area contributed by atoms with Crippen LogP contribution in [0.25, 0.3) is 5.69 Å². The fraction of sp³-hybridized carbons (Fsp3) is 0.375. The molecule has 6 heteroatoms. The number of rotatable bonds is 3. The van der Waals surface area contributed by atoms with Crippen LogP contribution in [-0.4, -0.2) is 22.9 Å². The Kier molecular flexibility index (Phi) is 4.21. The molecule has 2 rings (SSSR count). The molecule has 118 valence electrons. The quantitative estimate of drug-likeness (QED) is 0.885. The van der Waals surface area contributed by atoms with E-state index in [1.54, 1.807) is 12.1 Å². The van der Waals surface area contributed by atoms with E-state index < -0.39 is 5.97 Å². The number of ether oxygens (including phenoxy) is 1. The monoisotopic (exact) mass is 305 g/mol. The van der Waals surface area contributed by atoms with Gasteiger partial charge in [0.05, 0.1) is 12.8 Å². The van der Waals surface area contributed by atoms with E-state index in [9.17, 15) is 9.18 Å². The zero-order chi connectivity index (χ0) is 16.5. The zero-order valence-corrected chi connectivity index (χ0v) is 13.2. The molecular formula is C16H20FN3O2. The molecule has 0 saturated carbocycles. The van der Waals surface area contributed by atoms with Crippen molar-refractivity contribution in [3.05, 3.63) is 41.3 Å². The van der Waals surface area contributed by atoms with Crippen molar-refractivity contribution in [1.29, 1.82) is 0 Å². The first kappa shape index (κ1) is 16.0. The van der Waals surface area contributed by atoms with Gasteiger partial charge in [-0.1, -0.05) is 20.8 Å². The van der Waals surface area contributed by atoms with Crippen molar-refractivity contribution in [3.8, 4) is 5.69 Å². The highest BCUT2D eigenvalue weighted by molar-refractivity contribution is 5.90. The largest absolute Gasteiger partial charge is 0.464 e.